The Bertz CT molecular complexity index is 820. The SMILES string of the molecule is C=C(CC=Cc1ccccc1)C(=O)OOOC(=O)C(=C)CC=Cc1ccccc1. The lowest BCUT2D eigenvalue weighted by atomic mass is 10.1. The second-order valence-electron chi connectivity index (χ2n) is 6.05. The van der Waals surface area contributed by atoms with Gasteiger partial charge in [0.1, 0.15) is 0 Å². The van der Waals surface area contributed by atoms with Crippen molar-refractivity contribution in [1.82, 2.24) is 0 Å². The number of carbonyl (C=O) groups is 2. The molecule has 29 heavy (non-hydrogen) atoms. The van der Waals surface area contributed by atoms with Gasteiger partial charge < -0.3 is 0 Å². The molecule has 2 aromatic rings. The molecule has 0 bridgehead atoms. The molecular weight excluding hydrogens is 368 g/mol. The Morgan fingerprint density at radius 3 is 1.45 bits per heavy atom. The Kier molecular flexibility index (Phi) is 8.86. The second kappa shape index (κ2) is 11.9. The van der Waals surface area contributed by atoms with Crippen molar-refractivity contribution in [2.75, 3.05) is 0 Å². The molecule has 0 N–H and O–H groups in total. The first kappa shape index (κ1) is 21.6. The number of hydrogen-bond acceptors (Lipinski definition) is 5. The fourth-order valence-corrected chi connectivity index (χ4v) is 2.17. The third-order valence-electron chi connectivity index (χ3n) is 3.75. The highest BCUT2D eigenvalue weighted by atomic mass is 17.5. The fraction of sp³-hybridized carbons (Fsp3) is 0.0833. The highest BCUT2D eigenvalue weighted by molar-refractivity contribution is 5.88. The van der Waals surface area contributed by atoms with E-state index in [4.69, 9.17) is 0 Å². The minimum atomic E-state index is -0.829. The van der Waals surface area contributed by atoms with Crippen LogP contribution in [0.5, 0.6) is 0 Å². The van der Waals surface area contributed by atoms with E-state index >= 15 is 0 Å². The predicted molar refractivity (Wildman–Crippen MR) is 112 cm³/mol. The van der Waals surface area contributed by atoms with Crippen LogP contribution in [0.4, 0.5) is 0 Å². The quantitative estimate of drug-likeness (QED) is 0.315. The smallest absolute Gasteiger partial charge is 0.254 e. The van der Waals surface area contributed by atoms with Crippen LogP contribution in [0, 0.1) is 0 Å². The van der Waals surface area contributed by atoms with Gasteiger partial charge in [0, 0.05) is 16.2 Å². The monoisotopic (exact) mass is 390 g/mol. The lowest BCUT2D eigenvalue weighted by molar-refractivity contribution is -0.456. The van der Waals surface area contributed by atoms with Crippen LogP contribution in [-0.2, 0) is 24.4 Å². The predicted octanol–water partition coefficient (Wildman–Crippen LogP) is 5.24. The minimum absolute atomic E-state index is 0.151. The molecule has 0 fully saturated rings. The molecule has 0 aliphatic rings. The Morgan fingerprint density at radius 1 is 0.690 bits per heavy atom. The van der Waals surface area contributed by atoms with Gasteiger partial charge in [-0.15, -0.1) is 0 Å². The zero-order chi connectivity index (χ0) is 20.9. The van der Waals surface area contributed by atoms with Crippen LogP contribution in [0.1, 0.15) is 24.0 Å². The number of carbonyl (C=O) groups excluding carboxylic acids is 2. The number of hydrogen-bond donors (Lipinski definition) is 0. The van der Waals surface area contributed by atoms with E-state index < -0.39 is 11.9 Å². The van der Waals surface area contributed by atoms with E-state index in [0.29, 0.717) is 0 Å². The number of rotatable bonds is 10. The molecule has 0 unspecified atom stereocenters. The van der Waals surface area contributed by atoms with Crippen molar-refractivity contribution in [2.45, 2.75) is 12.8 Å². The summed E-state index contributed by atoms with van der Waals surface area (Å²) in [5, 5.41) is 4.26. The van der Waals surface area contributed by atoms with Crippen molar-refractivity contribution in [3.05, 3.63) is 108 Å². The van der Waals surface area contributed by atoms with E-state index in [1.54, 1.807) is 12.2 Å². The van der Waals surface area contributed by atoms with Gasteiger partial charge in [-0.3, -0.25) is 9.78 Å². The summed E-state index contributed by atoms with van der Waals surface area (Å²) in [6, 6.07) is 19.2. The topological polar surface area (TPSA) is 61.8 Å². The lowest BCUT2D eigenvalue weighted by Crippen LogP contribution is -2.12. The van der Waals surface area contributed by atoms with Crippen LogP contribution in [0.15, 0.2) is 97.1 Å². The summed E-state index contributed by atoms with van der Waals surface area (Å²) >= 11 is 0. The minimum Gasteiger partial charge on any atom is -0.254 e. The number of allylic oxidation sites excluding steroid dienone is 2. The third kappa shape index (κ3) is 8.24. The zero-order valence-electron chi connectivity index (χ0n) is 16.0. The van der Waals surface area contributed by atoms with E-state index in [9.17, 15) is 9.59 Å². The molecule has 0 spiro atoms. The van der Waals surface area contributed by atoms with Crippen LogP contribution < -0.4 is 0 Å². The molecule has 0 atom stereocenters. The van der Waals surface area contributed by atoms with Gasteiger partial charge in [-0.05, 0) is 24.0 Å². The van der Waals surface area contributed by atoms with Crippen LogP contribution in [0.3, 0.4) is 0 Å². The molecule has 2 rings (SSSR count). The highest BCUT2D eigenvalue weighted by Gasteiger charge is 2.13. The largest absolute Gasteiger partial charge is 0.373 e. The molecule has 5 heteroatoms. The van der Waals surface area contributed by atoms with Crippen molar-refractivity contribution in [3.8, 4) is 0 Å². The normalized spacial score (nSPS) is 10.8. The third-order valence-corrected chi connectivity index (χ3v) is 3.75. The Balaban J connectivity index is 1.65. The Morgan fingerprint density at radius 2 is 1.07 bits per heavy atom. The average Bonchev–Trinajstić information content (AvgIpc) is 2.74. The summed E-state index contributed by atoms with van der Waals surface area (Å²) in [6.07, 6.45) is 7.78. The summed E-state index contributed by atoms with van der Waals surface area (Å²) < 4.78 is 0. The van der Waals surface area contributed by atoms with Gasteiger partial charge in [-0.25, -0.2) is 9.59 Å². The average molecular weight is 390 g/mol. The molecule has 0 saturated heterocycles. The molecule has 0 aliphatic heterocycles. The van der Waals surface area contributed by atoms with Gasteiger partial charge in [-0.2, -0.15) is 0 Å². The first-order valence-electron chi connectivity index (χ1n) is 8.95. The molecule has 0 amide bonds. The van der Waals surface area contributed by atoms with Gasteiger partial charge in [0.25, 0.3) is 0 Å². The van der Waals surface area contributed by atoms with Crippen molar-refractivity contribution < 1.29 is 24.4 Å². The molecule has 0 heterocycles. The zero-order valence-corrected chi connectivity index (χ0v) is 16.0. The van der Waals surface area contributed by atoms with E-state index in [2.05, 4.69) is 28.0 Å². The van der Waals surface area contributed by atoms with Crippen LogP contribution in [0.25, 0.3) is 12.2 Å². The first-order chi connectivity index (χ1) is 14.1. The Labute approximate surface area is 170 Å². The van der Waals surface area contributed by atoms with Crippen molar-refractivity contribution in [1.29, 1.82) is 0 Å². The van der Waals surface area contributed by atoms with Crippen LogP contribution >= 0.6 is 0 Å². The number of benzene rings is 2. The molecule has 0 radical (unpaired) electrons. The van der Waals surface area contributed by atoms with Gasteiger partial charge in [0.15, 0.2) is 0 Å². The van der Waals surface area contributed by atoms with Crippen LogP contribution in [-0.4, -0.2) is 11.9 Å². The molecule has 148 valence electrons. The molecule has 2 aromatic carbocycles. The van der Waals surface area contributed by atoms with E-state index in [-0.39, 0.29) is 24.0 Å². The van der Waals surface area contributed by atoms with Gasteiger partial charge in [-0.1, -0.05) is 98.1 Å². The second-order valence-corrected chi connectivity index (χ2v) is 6.05. The van der Waals surface area contributed by atoms with Crippen molar-refractivity contribution in [2.24, 2.45) is 0 Å². The van der Waals surface area contributed by atoms with E-state index in [1.807, 2.05) is 72.8 Å². The molecule has 0 aromatic heterocycles. The summed E-state index contributed by atoms with van der Waals surface area (Å²) in [4.78, 5) is 32.4. The summed E-state index contributed by atoms with van der Waals surface area (Å²) in [7, 11) is 0. The van der Waals surface area contributed by atoms with E-state index in [1.165, 1.54) is 0 Å². The maximum Gasteiger partial charge on any atom is 0.373 e. The summed E-state index contributed by atoms with van der Waals surface area (Å²) in [5.74, 6) is -1.66. The van der Waals surface area contributed by atoms with Gasteiger partial charge in [0.05, 0.1) is 0 Å². The van der Waals surface area contributed by atoms with E-state index in [0.717, 1.165) is 11.1 Å². The first-order valence-corrected chi connectivity index (χ1v) is 8.95. The maximum atomic E-state index is 11.8. The molecule has 0 saturated carbocycles. The van der Waals surface area contributed by atoms with Crippen molar-refractivity contribution >= 4 is 24.1 Å². The standard InChI is InChI=1S/C24H22O5/c1-19(11-9-17-21-13-5-3-6-14-21)23(25)27-29-28-24(26)20(2)12-10-18-22-15-7-4-8-16-22/h3-10,13-18H,1-2,11-12H2. The highest BCUT2D eigenvalue weighted by Crippen LogP contribution is 2.09. The van der Waals surface area contributed by atoms with Gasteiger partial charge in [0.2, 0.25) is 0 Å². The van der Waals surface area contributed by atoms with Gasteiger partial charge >= 0.3 is 11.9 Å². The summed E-state index contributed by atoms with van der Waals surface area (Å²) in [5.41, 5.74) is 2.30. The lowest BCUT2D eigenvalue weighted by Gasteiger charge is -2.04. The molecule has 0 aliphatic carbocycles. The Hall–Kier alpha value is -3.70. The van der Waals surface area contributed by atoms with Crippen molar-refractivity contribution in [3.63, 3.8) is 0 Å². The fourth-order valence-electron chi connectivity index (χ4n) is 2.17. The van der Waals surface area contributed by atoms with Crippen LogP contribution in [0.2, 0.25) is 0 Å². The molecular formula is C24H22O5. The maximum absolute atomic E-state index is 11.8. The summed E-state index contributed by atoms with van der Waals surface area (Å²) in [6.45, 7) is 7.23. The molecule has 5 nitrogen and oxygen atoms in total.